The number of likely N-dealkylation sites (N-methyl/N-ethyl adjacent to an activating group) is 1. The Hall–Kier alpha value is -2.32. The number of nitrogens with zero attached hydrogens (tertiary/aromatic N) is 3. The third-order valence-electron chi connectivity index (χ3n) is 3.24. The van der Waals surface area contributed by atoms with Gasteiger partial charge in [0.15, 0.2) is 0 Å². The maximum atomic E-state index is 12.5. The largest absolute Gasteiger partial charge is 0.396 e. The number of halogens is 1. The molecule has 1 aromatic rings. The van der Waals surface area contributed by atoms with Crippen LogP contribution < -0.4 is 11.1 Å². The summed E-state index contributed by atoms with van der Waals surface area (Å²) in [6, 6.07) is 3.40. The molecule has 0 fully saturated rings. The van der Waals surface area contributed by atoms with E-state index in [0.717, 1.165) is 4.90 Å². The molecule has 0 aromatic carbocycles. The number of nitrogens with one attached hydrogen (secondary N) is 1. The van der Waals surface area contributed by atoms with Gasteiger partial charge in [-0.15, -0.1) is 0 Å². The number of carbonyl (C=O) groups excluding carboxylic acids is 2. The number of aliphatic hydroxyl groups is 1. The molecule has 4 N–H and O–H groups in total. The number of amides is 2. The van der Waals surface area contributed by atoms with Crippen molar-refractivity contribution in [2.45, 2.75) is 13.0 Å². The Bertz CT molecular complexity index is 591. The van der Waals surface area contributed by atoms with Crippen LogP contribution in [0.3, 0.4) is 0 Å². The SMILES string of the molecule is CN(CCCO)C(=O)/C(NCc1ccc(Cl)cn1)=C(/N)N(C)C=O. The minimum absolute atomic E-state index is 0.000174. The average molecular weight is 356 g/mol. The first-order chi connectivity index (χ1) is 11.4. The normalized spacial score (nSPS) is 11.5. The summed E-state index contributed by atoms with van der Waals surface area (Å²) in [6.45, 7) is 0.569. The zero-order valence-electron chi connectivity index (χ0n) is 13.7. The molecule has 132 valence electrons. The predicted octanol–water partition coefficient (Wildman–Crippen LogP) is -0.119. The zero-order chi connectivity index (χ0) is 18.1. The van der Waals surface area contributed by atoms with Crippen molar-refractivity contribution in [3.05, 3.63) is 40.6 Å². The number of aromatic nitrogens is 1. The molecule has 0 bridgehead atoms. The Kier molecular flexibility index (Phi) is 8.00. The molecular weight excluding hydrogens is 334 g/mol. The summed E-state index contributed by atoms with van der Waals surface area (Å²) in [5.74, 6) is -0.386. The van der Waals surface area contributed by atoms with Crippen LogP contribution in [0.4, 0.5) is 0 Å². The second kappa shape index (κ2) is 9.74. The van der Waals surface area contributed by atoms with Gasteiger partial charge in [-0.1, -0.05) is 11.6 Å². The van der Waals surface area contributed by atoms with E-state index in [0.29, 0.717) is 30.1 Å². The lowest BCUT2D eigenvalue weighted by Gasteiger charge is -2.23. The highest BCUT2D eigenvalue weighted by Gasteiger charge is 2.20. The van der Waals surface area contributed by atoms with Gasteiger partial charge in [0.05, 0.1) is 17.3 Å². The van der Waals surface area contributed by atoms with Gasteiger partial charge in [0.25, 0.3) is 5.91 Å². The number of hydrogen-bond acceptors (Lipinski definition) is 6. The fraction of sp³-hybridized carbons (Fsp3) is 0.400. The standard InChI is InChI=1S/C15H22ClN5O3/c1-20(6-3-7-22)15(24)13(14(17)21(2)10-23)19-9-12-5-4-11(16)8-18-12/h4-5,8,10,19,22H,3,6-7,9,17H2,1-2H3/b14-13+. The molecule has 0 saturated heterocycles. The molecule has 0 aliphatic rings. The van der Waals surface area contributed by atoms with Crippen LogP contribution in [0.15, 0.2) is 29.8 Å². The van der Waals surface area contributed by atoms with Crippen LogP contribution in [-0.2, 0) is 16.1 Å². The second-order valence-corrected chi connectivity index (χ2v) is 5.54. The molecule has 0 radical (unpaired) electrons. The van der Waals surface area contributed by atoms with Gasteiger partial charge in [-0.25, -0.2) is 0 Å². The van der Waals surface area contributed by atoms with E-state index in [1.807, 2.05) is 0 Å². The summed E-state index contributed by atoms with van der Waals surface area (Å²) in [4.78, 5) is 30.1. The Morgan fingerprint density at radius 1 is 1.46 bits per heavy atom. The Morgan fingerprint density at radius 3 is 2.71 bits per heavy atom. The van der Waals surface area contributed by atoms with Crippen LogP contribution in [0, 0.1) is 0 Å². The van der Waals surface area contributed by atoms with Gasteiger partial charge in [-0.05, 0) is 18.6 Å². The molecule has 1 heterocycles. The molecule has 9 heteroatoms. The first-order valence-electron chi connectivity index (χ1n) is 7.29. The van der Waals surface area contributed by atoms with Gasteiger partial charge < -0.3 is 26.0 Å². The van der Waals surface area contributed by atoms with Crippen molar-refractivity contribution in [2.24, 2.45) is 5.73 Å². The molecule has 0 saturated carbocycles. The lowest BCUT2D eigenvalue weighted by molar-refractivity contribution is -0.126. The topological polar surface area (TPSA) is 112 Å². The average Bonchev–Trinajstić information content (AvgIpc) is 2.60. The maximum absolute atomic E-state index is 12.5. The molecule has 0 aliphatic heterocycles. The fourth-order valence-corrected chi connectivity index (χ4v) is 1.91. The lowest BCUT2D eigenvalue weighted by atomic mass is 10.3. The van der Waals surface area contributed by atoms with Gasteiger partial charge in [0.1, 0.15) is 11.5 Å². The fourth-order valence-electron chi connectivity index (χ4n) is 1.80. The van der Waals surface area contributed by atoms with Crippen molar-refractivity contribution in [3.8, 4) is 0 Å². The smallest absolute Gasteiger partial charge is 0.273 e. The summed E-state index contributed by atoms with van der Waals surface area (Å²) in [5, 5.41) is 12.3. The molecule has 1 rings (SSSR count). The highest BCUT2D eigenvalue weighted by atomic mass is 35.5. The number of carbonyl (C=O) groups is 2. The van der Waals surface area contributed by atoms with E-state index in [2.05, 4.69) is 10.3 Å². The van der Waals surface area contributed by atoms with Crippen molar-refractivity contribution in [3.63, 3.8) is 0 Å². The summed E-state index contributed by atoms with van der Waals surface area (Å²) < 4.78 is 0. The zero-order valence-corrected chi connectivity index (χ0v) is 14.5. The van der Waals surface area contributed by atoms with Crippen molar-refractivity contribution < 1.29 is 14.7 Å². The van der Waals surface area contributed by atoms with Gasteiger partial charge in [0, 0.05) is 33.4 Å². The molecule has 8 nitrogen and oxygen atoms in total. The highest BCUT2D eigenvalue weighted by molar-refractivity contribution is 6.30. The summed E-state index contributed by atoms with van der Waals surface area (Å²) >= 11 is 5.79. The Balaban J connectivity index is 2.95. The van der Waals surface area contributed by atoms with Crippen LogP contribution >= 0.6 is 11.6 Å². The molecule has 0 atom stereocenters. The van der Waals surface area contributed by atoms with Crippen LogP contribution in [0.25, 0.3) is 0 Å². The molecule has 2 amide bonds. The summed E-state index contributed by atoms with van der Waals surface area (Å²) in [7, 11) is 3.04. The van der Waals surface area contributed by atoms with E-state index in [4.69, 9.17) is 22.4 Å². The highest BCUT2D eigenvalue weighted by Crippen LogP contribution is 2.08. The molecule has 24 heavy (non-hydrogen) atoms. The van der Waals surface area contributed by atoms with E-state index in [1.165, 1.54) is 18.1 Å². The van der Waals surface area contributed by atoms with Crippen LogP contribution in [0.5, 0.6) is 0 Å². The number of hydrogen-bond donors (Lipinski definition) is 3. The minimum Gasteiger partial charge on any atom is -0.396 e. The van der Waals surface area contributed by atoms with Crippen molar-refractivity contribution in [1.29, 1.82) is 0 Å². The number of rotatable bonds is 9. The number of pyridine rings is 1. The number of nitrogens with two attached hydrogens (primary N) is 1. The molecule has 0 aliphatic carbocycles. The first kappa shape index (κ1) is 19.7. The first-order valence-corrected chi connectivity index (χ1v) is 7.67. The third kappa shape index (κ3) is 5.71. The lowest BCUT2D eigenvalue weighted by Crippen LogP contribution is -2.39. The predicted molar refractivity (Wildman–Crippen MR) is 90.5 cm³/mol. The van der Waals surface area contributed by atoms with E-state index in [1.54, 1.807) is 19.2 Å². The molecule has 0 spiro atoms. The van der Waals surface area contributed by atoms with E-state index >= 15 is 0 Å². The molecule has 1 aromatic heterocycles. The third-order valence-corrected chi connectivity index (χ3v) is 3.46. The summed E-state index contributed by atoms with van der Waals surface area (Å²) in [5.41, 5.74) is 6.64. The molecular formula is C15H22ClN5O3. The van der Waals surface area contributed by atoms with Gasteiger partial charge in [-0.2, -0.15) is 0 Å². The number of aliphatic hydroxyl groups excluding tert-OH is 1. The Morgan fingerprint density at radius 2 is 2.17 bits per heavy atom. The van der Waals surface area contributed by atoms with E-state index in [9.17, 15) is 9.59 Å². The van der Waals surface area contributed by atoms with Crippen LogP contribution in [0.1, 0.15) is 12.1 Å². The van der Waals surface area contributed by atoms with Gasteiger partial charge in [0.2, 0.25) is 6.41 Å². The van der Waals surface area contributed by atoms with E-state index < -0.39 is 0 Å². The molecule has 0 unspecified atom stereocenters. The van der Waals surface area contributed by atoms with Crippen LogP contribution in [0.2, 0.25) is 5.02 Å². The maximum Gasteiger partial charge on any atom is 0.273 e. The Labute approximate surface area is 145 Å². The van der Waals surface area contributed by atoms with Gasteiger partial charge >= 0.3 is 0 Å². The quantitative estimate of drug-likeness (QED) is 0.420. The van der Waals surface area contributed by atoms with Crippen molar-refractivity contribution >= 4 is 23.9 Å². The van der Waals surface area contributed by atoms with Gasteiger partial charge in [-0.3, -0.25) is 14.6 Å². The second-order valence-electron chi connectivity index (χ2n) is 5.10. The van der Waals surface area contributed by atoms with Crippen LogP contribution in [-0.4, -0.2) is 59.5 Å². The summed E-state index contributed by atoms with van der Waals surface area (Å²) in [6.07, 6.45) is 2.45. The van der Waals surface area contributed by atoms with Crippen molar-refractivity contribution in [1.82, 2.24) is 20.1 Å². The van der Waals surface area contributed by atoms with E-state index in [-0.39, 0.29) is 30.6 Å². The monoisotopic (exact) mass is 355 g/mol. The van der Waals surface area contributed by atoms with Crippen molar-refractivity contribution in [2.75, 3.05) is 27.2 Å². The minimum atomic E-state index is -0.386.